The number of carbonyl (C=O) groups excluding carboxylic acids is 1. The van der Waals surface area contributed by atoms with Crippen LogP contribution in [0.25, 0.3) is 0 Å². The molecule has 1 unspecified atom stereocenters. The summed E-state index contributed by atoms with van der Waals surface area (Å²) in [5.41, 5.74) is 0. The average molecular weight is 239 g/mol. The Balaban J connectivity index is 2.07. The summed E-state index contributed by atoms with van der Waals surface area (Å²) >= 11 is 0. The quantitative estimate of drug-likeness (QED) is 0.611. The van der Waals surface area contributed by atoms with Crippen molar-refractivity contribution in [1.29, 1.82) is 0 Å². The lowest BCUT2D eigenvalue weighted by Crippen LogP contribution is -2.41. The number of nitrogens with zero attached hydrogens (tertiary/aromatic N) is 1. The summed E-state index contributed by atoms with van der Waals surface area (Å²) < 4.78 is 0. The zero-order valence-electron chi connectivity index (χ0n) is 11.7. The number of unbranched alkanes of at least 4 members (excludes halogenated alkanes) is 5. The van der Waals surface area contributed by atoms with Crippen LogP contribution in [0, 0.1) is 0 Å². The van der Waals surface area contributed by atoms with E-state index in [-0.39, 0.29) is 0 Å². The third kappa shape index (κ3) is 5.56. The molecule has 0 spiro atoms. The molecule has 2 nitrogen and oxygen atoms in total. The highest BCUT2D eigenvalue weighted by Crippen LogP contribution is 2.18. The van der Waals surface area contributed by atoms with Crippen LogP contribution < -0.4 is 0 Å². The number of piperidine rings is 1. The summed E-state index contributed by atoms with van der Waals surface area (Å²) in [7, 11) is 0. The second-order valence-corrected chi connectivity index (χ2v) is 5.45. The van der Waals surface area contributed by atoms with Crippen molar-refractivity contribution in [3.63, 3.8) is 0 Å². The predicted molar refractivity (Wildman–Crippen MR) is 73.0 cm³/mol. The molecule has 1 heterocycles. The molecule has 0 aromatic rings. The summed E-state index contributed by atoms with van der Waals surface area (Å²) in [6.45, 7) is 5.43. The second kappa shape index (κ2) is 8.54. The van der Waals surface area contributed by atoms with E-state index in [0.717, 1.165) is 19.4 Å². The lowest BCUT2D eigenvalue weighted by molar-refractivity contribution is -0.134. The first-order valence-corrected chi connectivity index (χ1v) is 7.55. The van der Waals surface area contributed by atoms with Gasteiger partial charge in [-0.25, -0.2) is 0 Å². The Bertz CT molecular complexity index is 215. The van der Waals surface area contributed by atoms with Gasteiger partial charge in [-0.3, -0.25) is 4.79 Å². The molecule has 0 aliphatic carbocycles. The fourth-order valence-electron chi connectivity index (χ4n) is 2.67. The number of amides is 1. The van der Waals surface area contributed by atoms with Gasteiger partial charge < -0.3 is 4.90 Å². The standard InChI is InChI=1S/C15H29NO/c1-3-4-5-6-7-8-12-15(17)16-13-10-9-11-14(16)2/h14H,3-13H2,1-2H3. The van der Waals surface area contributed by atoms with Gasteiger partial charge in [0.1, 0.15) is 0 Å². The Labute approximate surface area is 107 Å². The van der Waals surface area contributed by atoms with Crippen molar-refractivity contribution < 1.29 is 4.79 Å². The first-order chi connectivity index (χ1) is 8.25. The zero-order valence-corrected chi connectivity index (χ0v) is 11.7. The average Bonchev–Trinajstić information content (AvgIpc) is 2.34. The van der Waals surface area contributed by atoms with Gasteiger partial charge in [-0.05, 0) is 32.6 Å². The number of carbonyl (C=O) groups is 1. The lowest BCUT2D eigenvalue weighted by atomic mass is 10.0. The van der Waals surface area contributed by atoms with Crippen molar-refractivity contribution in [2.75, 3.05) is 6.54 Å². The molecule has 1 saturated heterocycles. The Morgan fingerprint density at radius 3 is 2.53 bits per heavy atom. The molecule has 17 heavy (non-hydrogen) atoms. The van der Waals surface area contributed by atoms with Gasteiger partial charge in [-0.2, -0.15) is 0 Å². The van der Waals surface area contributed by atoms with Crippen LogP contribution in [-0.4, -0.2) is 23.4 Å². The molecule has 1 rings (SSSR count). The topological polar surface area (TPSA) is 20.3 Å². The minimum absolute atomic E-state index is 0.396. The van der Waals surface area contributed by atoms with Gasteiger partial charge in [0.2, 0.25) is 5.91 Å². The fraction of sp³-hybridized carbons (Fsp3) is 0.933. The van der Waals surface area contributed by atoms with E-state index in [2.05, 4.69) is 18.7 Å². The SMILES string of the molecule is CCCCCCCCC(=O)N1CCCCC1C. The fourth-order valence-corrected chi connectivity index (χ4v) is 2.67. The van der Waals surface area contributed by atoms with E-state index in [4.69, 9.17) is 0 Å². The van der Waals surface area contributed by atoms with E-state index in [1.165, 1.54) is 51.4 Å². The van der Waals surface area contributed by atoms with Crippen LogP contribution >= 0.6 is 0 Å². The first kappa shape index (κ1) is 14.5. The number of hydrogen-bond acceptors (Lipinski definition) is 1. The van der Waals surface area contributed by atoms with Crippen molar-refractivity contribution >= 4 is 5.91 Å². The molecule has 100 valence electrons. The lowest BCUT2D eigenvalue weighted by Gasteiger charge is -2.33. The molecule has 1 amide bonds. The maximum absolute atomic E-state index is 12.0. The molecule has 0 saturated carbocycles. The van der Waals surface area contributed by atoms with Crippen LogP contribution in [0.5, 0.6) is 0 Å². The van der Waals surface area contributed by atoms with Crippen molar-refractivity contribution in [2.45, 2.75) is 84.1 Å². The Kier molecular flexibility index (Phi) is 7.30. The van der Waals surface area contributed by atoms with Gasteiger partial charge in [0.05, 0.1) is 0 Å². The highest BCUT2D eigenvalue weighted by Gasteiger charge is 2.22. The Hall–Kier alpha value is -0.530. The predicted octanol–water partition coefficient (Wildman–Crippen LogP) is 4.14. The molecule has 1 fully saturated rings. The van der Waals surface area contributed by atoms with Gasteiger partial charge in [-0.1, -0.05) is 39.0 Å². The normalized spacial score (nSPS) is 20.6. The molecule has 0 aromatic carbocycles. The van der Waals surface area contributed by atoms with Gasteiger partial charge in [0.25, 0.3) is 0 Å². The summed E-state index contributed by atoms with van der Waals surface area (Å²) in [6, 6.07) is 0.483. The van der Waals surface area contributed by atoms with Gasteiger partial charge in [0.15, 0.2) is 0 Å². The van der Waals surface area contributed by atoms with Crippen LogP contribution in [0.1, 0.15) is 78.1 Å². The molecule has 0 aromatic heterocycles. The number of hydrogen-bond donors (Lipinski definition) is 0. The second-order valence-electron chi connectivity index (χ2n) is 5.45. The third-order valence-electron chi connectivity index (χ3n) is 3.87. The smallest absolute Gasteiger partial charge is 0.222 e. The summed E-state index contributed by atoms with van der Waals surface area (Å²) in [6.07, 6.45) is 12.1. The highest BCUT2D eigenvalue weighted by molar-refractivity contribution is 5.76. The summed E-state index contributed by atoms with van der Waals surface area (Å²) in [4.78, 5) is 14.1. The first-order valence-electron chi connectivity index (χ1n) is 7.55. The molecule has 2 heteroatoms. The molecular weight excluding hydrogens is 210 g/mol. The minimum atomic E-state index is 0.396. The van der Waals surface area contributed by atoms with E-state index < -0.39 is 0 Å². The molecule has 1 aliphatic heterocycles. The Morgan fingerprint density at radius 1 is 1.12 bits per heavy atom. The molecular formula is C15H29NO. The van der Waals surface area contributed by atoms with E-state index in [9.17, 15) is 4.79 Å². The van der Waals surface area contributed by atoms with Crippen molar-refractivity contribution in [1.82, 2.24) is 4.90 Å². The van der Waals surface area contributed by atoms with Crippen LogP contribution in [-0.2, 0) is 4.79 Å². The molecule has 1 aliphatic rings. The van der Waals surface area contributed by atoms with E-state index >= 15 is 0 Å². The van der Waals surface area contributed by atoms with Crippen LogP contribution in [0.4, 0.5) is 0 Å². The highest BCUT2D eigenvalue weighted by atomic mass is 16.2. The minimum Gasteiger partial charge on any atom is -0.340 e. The molecule has 1 atom stereocenters. The van der Waals surface area contributed by atoms with Gasteiger partial charge in [0, 0.05) is 19.0 Å². The number of rotatable bonds is 7. The van der Waals surface area contributed by atoms with Gasteiger partial charge >= 0.3 is 0 Å². The summed E-state index contributed by atoms with van der Waals surface area (Å²) in [5.74, 6) is 0.396. The summed E-state index contributed by atoms with van der Waals surface area (Å²) in [5, 5.41) is 0. The van der Waals surface area contributed by atoms with Crippen LogP contribution in [0.15, 0.2) is 0 Å². The maximum atomic E-state index is 12.0. The van der Waals surface area contributed by atoms with Crippen molar-refractivity contribution in [3.05, 3.63) is 0 Å². The molecule has 0 bridgehead atoms. The zero-order chi connectivity index (χ0) is 12.5. The maximum Gasteiger partial charge on any atom is 0.222 e. The van der Waals surface area contributed by atoms with Gasteiger partial charge in [-0.15, -0.1) is 0 Å². The van der Waals surface area contributed by atoms with E-state index in [0.29, 0.717) is 11.9 Å². The van der Waals surface area contributed by atoms with Crippen molar-refractivity contribution in [3.8, 4) is 0 Å². The van der Waals surface area contributed by atoms with E-state index in [1.807, 2.05) is 0 Å². The molecule has 0 N–H and O–H groups in total. The van der Waals surface area contributed by atoms with E-state index in [1.54, 1.807) is 0 Å². The van der Waals surface area contributed by atoms with Crippen LogP contribution in [0.2, 0.25) is 0 Å². The largest absolute Gasteiger partial charge is 0.340 e. The Morgan fingerprint density at radius 2 is 1.82 bits per heavy atom. The van der Waals surface area contributed by atoms with Crippen molar-refractivity contribution in [2.24, 2.45) is 0 Å². The molecule has 0 radical (unpaired) electrons. The monoisotopic (exact) mass is 239 g/mol. The third-order valence-corrected chi connectivity index (χ3v) is 3.87. The number of likely N-dealkylation sites (tertiary alicyclic amines) is 1. The van der Waals surface area contributed by atoms with Crippen LogP contribution in [0.3, 0.4) is 0 Å².